The van der Waals surface area contributed by atoms with E-state index >= 15 is 0 Å². The molecule has 0 spiro atoms. The second-order valence-electron chi connectivity index (χ2n) is 7.46. The maximum absolute atomic E-state index is 6.19. The van der Waals surface area contributed by atoms with Gasteiger partial charge in [-0.15, -0.1) is 0 Å². The third kappa shape index (κ3) is 3.33. The molecule has 0 aromatic heterocycles. The predicted octanol–water partition coefficient (Wildman–Crippen LogP) is 4.70. The Morgan fingerprint density at radius 1 is 1.19 bits per heavy atom. The van der Waals surface area contributed by atoms with Crippen LogP contribution in [0.3, 0.4) is 0 Å². The molecule has 0 amide bonds. The van der Waals surface area contributed by atoms with Gasteiger partial charge >= 0.3 is 0 Å². The molecule has 0 aromatic carbocycles. The van der Waals surface area contributed by atoms with Crippen molar-refractivity contribution in [1.29, 1.82) is 0 Å². The summed E-state index contributed by atoms with van der Waals surface area (Å²) in [6.45, 7) is 16.8. The summed E-state index contributed by atoms with van der Waals surface area (Å²) in [5, 5.41) is 0.492. The summed E-state index contributed by atoms with van der Waals surface area (Å²) in [6, 6.07) is 1.33. The summed E-state index contributed by atoms with van der Waals surface area (Å²) in [5.74, 6) is 0.685. The minimum Gasteiger partial charge on any atom is -0.375 e. The summed E-state index contributed by atoms with van der Waals surface area (Å²) >= 11 is 0. The largest absolute Gasteiger partial charge is 0.375 e. The quantitative estimate of drug-likeness (QED) is 0.652. The van der Waals surface area contributed by atoms with Gasteiger partial charge in [0.05, 0.1) is 20.3 Å². The molecule has 0 aromatic rings. The number of hydrogen-bond acceptors (Lipinski definition) is 1. The first-order valence-electron chi connectivity index (χ1n) is 6.79. The molecule has 0 N–H and O–H groups in total. The van der Waals surface area contributed by atoms with Gasteiger partial charge in [-0.1, -0.05) is 47.7 Å². The molecule has 1 aliphatic rings. The fraction of sp³-hybridized carbons (Fsp3) is 1.00. The Bertz CT molecular complexity index is 227. The maximum Gasteiger partial charge on any atom is 0.0602 e. The summed E-state index contributed by atoms with van der Waals surface area (Å²) in [5.41, 5.74) is 0. The third-order valence-electron chi connectivity index (χ3n) is 4.65. The van der Waals surface area contributed by atoms with Crippen molar-refractivity contribution in [2.75, 3.05) is 0 Å². The van der Waals surface area contributed by atoms with Gasteiger partial charge in [-0.2, -0.15) is 0 Å². The average molecular weight is 242 g/mol. The molecular formula is C14H30OSi. The summed E-state index contributed by atoms with van der Waals surface area (Å²) in [6.07, 6.45) is 3.63. The van der Waals surface area contributed by atoms with Crippen molar-refractivity contribution in [2.45, 2.75) is 83.8 Å². The lowest BCUT2D eigenvalue weighted by molar-refractivity contribution is 0.0279. The molecule has 2 atom stereocenters. The molecule has 1 saturated heterocycles. The summed E-state index contributed by atoms with van der Waals surface area (Å²) in [7, 11) is -1.16. The van der Waals surface area contributed by atoms with Crippen LogP contribution in [0, 0.1) is 5.92 Å². The topological polar surface area (TPSA) is 9.23 Å². The van der Waals surface area contributed by atoms with Crippen molar-refractivity contribution in [3.8, 4) is 0 Å². The fourth-order valence-electron chi connectivity index (χ4n) is 2.25. The van der Waals surface area contributed by atoms with E-state index < -0.39 is 8.07 Å². The molecule has 0 saturated carbocycles. The SMILES string of the molecule is CC(C)[C@H]1CC[C@H](C[Si](C)(C)C(C)(C)C)O1. The fourth-order valence-corrected chi connectivity index (χ4v) is 4.30. The zero-order chi connectivity index (χ0) is 12.6. The summed E-state index contributed by atoms with van der Waals surface area (Å²) in [4.78, 5) is 0. The van der Waals surface area contributed by atoms with Crippen LogP contribution in [-0.4, -0.2) is 20.3 Å². The Balaban J connectivity index is 2.51. The molecule has 0 unspecified atom stereocenters. The third-order valence-corrected chi connectivity index (χ3v) is 10.2. The first-order valence-corrected chi connectivity index (χ1v) is 9.99. The molecule has 1 fully saturated rings. The highest BCUT2D eigenvalue weighted by atomic mass is 28.3. The Morgan fingerprint density at radius 2 is 1.75 bits per heavy atom. The molecule has 0 aliphatic carbocycles. The van der Waals surface area contributed by atoms with Crippen LogP contribution in [0.25, 0.3) is 0 Å². The molecule has 1 aliphatic heterocycles. The highest BCUT2D eigenvalue weighted by molar-refractivity contribution is 6.80. The van der Waals surface area contributed by atoms with E-state index in [1.165, 1.54) is 18.9 Å². The van der Waals surface area contributed by atoms with E-state index in [4.69, 9.17) is 4.74 Å². The van der Waals surface area contributed by atoms with E-state index in [1.54, 1.807) is 0 Å². The number of rotatable bonds is 3. The zero-order valence-electron chi connectivity index (χ0n) is 12.3. The van der Waals surface area contributed by atoms with Crippen LogP contribution >= 0.6 is 0 Å². The normalized spacial score (nSPS) is 27.8. The smallest absolute Gasteiger partial charge is 0.0602 e. The van der Waals surface area contributed by atoms with Crippen LogP contribution in [-0.2, 0) is 4.74 Å². The molecule has 96 valence electrons. The van der Waals surface area contributed by atoms with Crippen LogP contribution in [0.1, 0.15) is 47.5 Å². The van der Waals surface area contributed by atoms with Crippen LogP contribution in [0.5, 0.6) is 0 Å². The van der Waals surface area contributed by atoms with E-state index in [1.807, 2.05) is 0 Å². The van der Waals surface area contributed by atoms with Crippen LogP contribution in [0.4, 0.5) is 0 Å². The highest BCUT2D eigenvalue weighted by Crippen LogP contribution is 2.42. The van der Waals surface area contributed by atoms with E-state index in [-0.39, 0.29) is 0 Å². The lowest BCUT2D eigenvalue weighted by atomic mass is 10.0. The van der Waals surface area contributed by atoms with E-state index in [2.05, 4.69) is 47.7 Å². The maximum atomic E-state index is 6.19. The molecule has 0 radical (unpaired) electrons. The minimum absolute atomic E-state index is 0.492. The van der Waals surface area contributed by atoms with Crippen LogP contribution in [0.2, 0.25) is 24.2 Å². The molecule has 2 heteroatoms. The van der Waals surface area contributed by atoms with Crippen molar-refractivity contribution >= 4 is 8.07 Å². The predicted molar refractivity (Wildman–Crippen MR) is 74.7 cm³/mol. The first kappa shape index (κ1) is 14.2. The lowest BCUT2D eigenvalue weighted by Crippen LogP contribution is -2.40. The molecular weight excluding hydrogens is 212 g/mol. The second kappa shape index (κ2) is 4.81. The highest BCUT2D eigenvalue weighted by Gasteiger charge is 2.39. The molecule has 0 bridgehead atoms. The van der Waals surface area contributed by atoms with Crippen molar-refractivity contribution in [3.05, 3.63) is 0 Å². The standard InChI is InChI=1S/C14H30OSi/c1-11(2)13-9-8-12(15-13)10-16(6,7)14(3,4)5/h11-13H,8-10H2,1-7H3/t12-,13-/m1/s1. The Labute approximate surface area is 103 Å². The van der Waals surface area contributed by atoms with Crippen molar-refractivity contribution in [1.82, 2.24) is 0 Å². The van der Waals surface area contributed by atoms with Crippen LogP contribution < -0.4 is 0 Å². The van der Waals surface area contributed by atoms with Crippen molar-refractivity contribution < 1.29 is 4.74 Å². The Morgan fingerprint density at radius 3 is 2.12 bits per heavy atom. The second-order valence-corrected chi connectivity index (χ2v) is 13.1. The van der Waals surface area contributed by atoms with Gasteiger partial charge in [0.15, 0.2) is 0 Å². The lowest BCUT2D eigenvalue weighted by Gasteiger charge is -2.38. The van der Waals surface area contributed by atoms with Gasteiger partial charge in [0.25, 0.3) is 0 Å². The van der Waals surface area contributed by atoms with E-state index in [9.17, 15) is 0 Å². The minimum atomic E-state index is -1.16. The number of hydrogen-bond donors (Lipinski definition) is 0. The first-order chi connectivity index (χ1) is 7.13. The zero-order valence-corrected chi connectivity index (χ0v) is 13.3. The van der Waals surface area contributed by atoms with Gasteiger partial charge < -0.3 is 4.74 Å². The van der Waals surface area contributed by atoms with E-state index in [0.717, 1.165) is 0 Å². The van der Waals surface area contributed by atoms with Gasteiger partial charge in [0.2, 0.25) is 0 Å². The van der Waals surface area contributed by atoms with Crippen molar-refractivity contribution in [2.24, 2.45) is 5.92 Å². The monoisotopic (exact) mass is 242 g/mol. The Hall–Kier alpha value is 0.177. The molecule has 1 rings (SSSR count). The average Bonchev–Trinajstić information content (AvgIpc) is 2.49. The van der Waals surface area contributed by atoms with Gasteiger partial charge in [0.1, 0.15) is 0 Å². The molecule has 1 nitrogen and oxygen atoms in total. The van der Waals surface area contributed by atoms with Gasteiger partial charge in [0, 0.05) is 0 Å². The van der Waals surface area contributed by atoms with E-state index in [0.29, 0.717) is 23.2 Å². The van der Waals surface area contributed by atoms with Crippen molar-refractivity contribution in [3.63, 3.8) is 0 Å². The number of ether oxygens (including phenoxy) is 1. The molecule has 1 heterocycles. The summed E-state index contributed by atoms with van der Waals surface area (Å²) < 4.78 is 6.19. The Kier molecular flexibility index (Phi) is 4.28. The van der Waals surface area contributed by atoms with Gasteiger partial charge in [-0.25, -0.2) is 0 Å². The van der Waals surface area contributed by atoms with Gasteiger partial charge in [-0.3, -0.25) is 0 Å². The van der Waals surface area contributed by atoms with Gasteiger partial charge in [-0.05, 0) is 29.8 Å². The molecule has 16 heavy (non-hydrogen) atoms. The van der Waals surface area contributed by atoms with Crippen LogP contribution in [0.15, 0.2) is 0 Å².